The standard InChI is InChI=1S/C16H24N4O2/c1-17-15-6-4-5-13(18-15)14-11-20(9-10-22-14)16(21)12-19-7-2-3-8-19/h4-6,14H,2-3,7-12H2,1H3,(H,17,18)/t14-/m0/s1. The van der Waals surface area contributed by atoms with Crippen molar-refractivity contribution in [1.82, 2.24) is 14.8 Å². The zero-order chi connectivity index (χ0) is 15.4. The minimum Gasteiger partial charge on any atom is -0.373 e. The molecule has 3 heterocycles. The van der Waals surface area contributed by atoms with Crippen LogP contribution in [-0.4, -0.2) is 67.1 Å². The van der Waals surface area contributed by atoms with E-state index in [1.165, 1.54) is 12.8 Å². The molecular weight excluding hydrogens is 280 g/mol. The molecule has 0 bridgehead atoms. The summed E-state index contributed by atoms with van der Waals surface area (Å²) in [7, 11) is 1.85. The smallest absolute Gasteiger partial charge is 0.236 e. The predicted molar refractivity (Wildman–Crippen MR) is 84.7 cm³/mol. The van der Waals surface area contributed by atoms with E-state index in [1.54, 1.807) is 0 Å². The second-order valence-electron chi connectivity index (χ2n) is 5.88. The van der Waals surface area contributed by atoms with E-state index in [-0.39, 0.29) is 12.0 Å². The summed E-state index contributed by atoms with van der Waals surface area (Å²) in [6, 6.07) is 5.84. The van der Waals surface area contributed by atoms with Gasteiger partial charge in [-0.3, -0.25) is 9.69 Å². The SMILES string of the molecule is CNc1cccc([C@@H]2CN(C(=O)CN3CCCC3)CCO2)n1. The zero-order valence-corrected chi connectivity index (χ0v) is 13.1. The first-order valence-electron chi connectivity index (χ1n) is 8.02. The number of morpholine rings is 1. The molecule has 0 radical (unpaired) electrons. The van der Waals surface area contributed by atoms with Gasteiger partial charge in [0, 0.05) is 13.6 Å². The van der Waals surface area contributed by atoms with E-state index in [2.05, 4.69) is 15.2 Å². The maximum Gasteiger partial charge on any atom is 0.236 e. The zero-order valence-electron chi connectivity index (χ0n) is 13.1. The summed E-state index contributed by atoms with van der Waals surface area (Å²) in [6.07, 6.45) is 2.28. The number of anilines is 1. The fraction of sp³-hybridized carbons (Fsp3) is 0.625. The molecule has 2 aliphatic rings. The number of pyridine rings is 1. The second kappa shape index (κ2) is 7.07. The summed E-state index contributed by atoms with van der Waals surface area (Å²) in [6.45, 7) is 4.47. The van der Waals surface area contributed by atoms with E-state index in [4.69, 9.17) is 4.74 Å². The molecule has 2 saturated heterocycles. The van der Waals surface area contributed by atoms with E-state index >= 15 is 0 Å². The molecule has 2 fully saturated rings. The van der Waals surface area contributed by atoms with Gasteiger partial charge in [0.1, 0.15) is 11.9 Å². The van der Waals surface area contributed by atoms with Crippen LogP contribution in [0.15, 0.2) is 18.2 Å². The van der Waals surface area contributed by atoms with Crippen LogP contribution in [0.4, 0.5) is 5.82 Å². The van der Waals surface area contributed by atoms with Crippen LogP contribution < -0.4 is 5.32 Å². The lowest BCUT2D eigenvalue weighted by Crippen LogP contribution is -2.46. The van der Waals surface area contributed by atoms with Crippen LogP contribution in [0.2, 0.25) is 0 Å². The second-order valence-corrected chi connectivity index (χ2v) is 5.88. The van der Waals surface area contributed by atoms with Crippen molar-refractivity contribution < 1.29 is 9.53 Å². The highest BCUT2D eigenvalue weighted by molar-refractivity contribution is 5.78. The van der Waals surface area contributed by atoms with Crippen molar-refractivity contribution in [1.29, 1.82) is 0 Å². The van der Waals surface area contributed by atoms with Crippen molar-refractivity contribution in [2.45, 2.75) is 18.9 Å². The van der Waals surface area contributed by atoms with Crippen molar-refractivity contribution in [2.24, 2.45) is 0 Å². The number of ether oxygens (including phenoxy) is 1. The molecule has 6 heteroatoms. The van der Waals surface area contributed by atoms with E-state index in [1.807, 2.05) is 30.1 Å². The van der Waals surface area contributed by atoms with Gasteiger partial charge in [-0.1, -0.05) is 6.07 Å². The lowest BCUT2D eigenvalue weighted by Gasteiger charge is -2.33. The monoisotopic (exact) mass is 304 g/mol. The topological polar surface area (TPSA) is 57.7 Å². The highest BCUT2D eigenvalue weighted by Gasteiger charge is 2.27. The van der Waals surface area contributed by atoms with Crippen LogP contribution in [0.5, 0.6) is 0 Å². The summed E-state index contributed by atoms with van der Waals surface area (Å²) in [5.74, 6) is 1.03. The number of amides is 1. The molecule has 2 aliphatic heterocycles. The van der Waals surface area contributed by atoms with Crippen molar-refractivity contribution in [3.8, 4) is 0 Å². The van der Waals surface area contributed by atoms with E-state index in [9.17, 15) is 4.79 Å². The molecule has 0 aromatic carbocycles. The van der Waals surface area contributed by atoms with Gasteiger partial charge in [0.25, 0.3) is 0 Å². The lowest BCUT2D eigenvalue weighted by molar-refractivity contribution is -0.140. The largest absolute Gasteiger partial charge is 0.373 e. The Bertz CT molecular complexity index is 517. The molecule has 1 aromatic heterocycles. The Morgan fingerprint density at radius 3 is 2.95 bits per heavy atom. The molecular formula is C16H24N4O2. The van der Waals surface area contributed by atoms with Crippen molar-refractivity contribution in [3.05, 3.63) is 23.9 Å². The van der Waals surface area contributed by atoms with E-state index < -0.39 is 0 Å². The van der Waals surface area contributed by atoms with Gasteiger partial charge < -0.3 is 15.0 Å². The van der Waals surface area contributed by atoms with Gasteiger partial charge in [0.15, 0.2) is 0 Å². The molecule has 6 nitrogen and oxygen atoms in total. The van der Waals surface area contributed by atoms with Gasteiger partial charge >= 0.3 is 0 Å². The summed E-state index contributed by atoms with van der Waals surface area (Å²) in [4.78, 5) is 21.1. The first kappa shape index (κ1) is 15.2. The number of hydrogen-bond donors (Lipinski definition) is 1. The van der Waals surface area contributed by atoms with Gasteiger partial charge in [0.2, 0.25) is 5.91 Å². The predicted octanol–water partition coefficient (Wildman–Crippen LogP) is 1.12. The quantitative estimate of drug-likeness (QED) is 0.903. The molecule has 0 aliphatic carbocycles. The minimum absolute atomic E-state index is 0.135. The maximum atomic E-state index is 12.5. The number of aromatic nitrogens is 1. The average Bonchev–Trinajstić information content (AvgIpc) is 3.08. The molecule has 0 spiro atoms. The van der Waals surface area contributed by atoms with Gasteiger partial charge in [-0.05, 0) is 38.1 Å². The summed E-state index contributed by atoms with van der Waals surface area (Å²) < 4.78 is 5.82. The number of hydrogen-bond acceptors (Lipinski definition) is 5. The average molecular weight is 304 g/mol. The Hall–Kier alpha value is -1.66. The number of rotatable bonds is 4. The molecule has 1 N–H and O–H groups in total. The Morgan fingerprint density at radius 2 is 2.18 bits per heavy atom. The molecule has 22 heavy (non-hydrogen) atoms. The highest BCUT2D eigenvalue weighted by Crippen LogP contribution is 2.22. The van der Waals surface area contributed by atoms with Crippen LogP contribution in [0, 0.1) is 0 Å². The summed E-state index contributed by atoms with van der Waals surface area (Å²) in [5, 5.41) is 3.03. The molecule has 0 saturated carbocycles. The first-order chi connectivity index (χ1) is 10.8. The van der Waals surface area contributed by atoms with Gasteiger partial charge in [-0.15, -0.1) is 0 Å². The molecule has 1 amide bonds. The number of nitrogens with zero attached hydrogens (tertiary/aromatic N) is 3. The Labute approximate surface area is 131 Å². The van der Waals surface area contributed by atoms with Crippen LogP contribution in [0.3, 0.4) is 0 Å². The van der Waals surface area contributed by atoms with Crippen molar-refractivity contribution in [2.75, 3.05) is 51.7 Å². The number of nitrogens with one attached hydrogen (secondary N) is 1. The summed E-state index contributed by atoms with van der Waals surface area (Å²) >= 11 is 0. The molecule has 1 atom stereocenters. The van der Waals surface area contributed by atoms with Gasteiger partial charge in [-0.25, -0.2) is 4.98 Å². The third-order valence-corrected chi connectivity index (χ3v) is 4.33. The van der Waals surface area contributed by atoms with E-state index in [0.29, 0.717) is 26.2 Å². The molecule has 120 valence electrons. The van der Waals surface area contributed by atoms with Crippen LogP contribution in [0.25, 0.3) is 0 Å². The fourth-order valence-electron chi connectivity index (χ4n) is 3.06. The van der Waals surface area contributed by atoms with Crippen LogP contribution in [-0.2, 0) is 9.53 Å². The van der Waals surface area contributed by atoms with Crippen LogP contribution >= 0.6 is 0 Å². The number of likely N-dealkylation sites (tertiary alicyclic amines) is 1. The fourth-order valence-corrected chi connectivity index (χ4v) is 3.06. The maximum absolute atomic E-state index is 12.5. The minimum atomic E-state index is -0.135. The van der Waals surface area contributed by atoms with Crippen molar-refractivity contribution in [3.63, 3.8) is 0 Å². The Morgan fingerprint density at radius 1 is 1.36 bits per heavy atom. The third kappa shape index (κ3) is 3.56. The summed E-state index contributed by atoms with van der Waals surface area (Å²) in [5.41, 5.74) is 0.880. The van der Waals surface area contributed by atoms with Gasteiger partial charge in [0.05, 0.1) is 25.4 Å². The highest BCUT2D eigenvalue weighted by atomic mass is 16.5. The molecule has 3 rings (SSSR count). The molecule has 1 aromatic rings. The lowest BCUT2D eigenvalue weighted by atomic mass is 10.2. The Kier molecular flexibility index (Phi) is 4.90. The van der Waals surface area contributed by atoms with Crippen LogP contribution in [0.1, 0.15) is 24.6 Å². The number of carbonyl (C=O) groups excluding carboxylic acids is 1. The Balaban J connectivity index is 1.61. The number of carbonyl (C=O) groups is 1. The first-order valence-corrected chi connectivity index (χ1v) is 8.02. The third-order valence-electron chi connectivity index (χ3n) is 4.33. The van der Waals surface area contributed by atoms with Gasteiger partial charge in [-0.2, -0.15) is 0 Å². The van der Waals surface area contributed by atoms with Crippen molar-refractivity contribution >= 4 is 11.7 Å². The van der Waals surface area contributed by atoms with E-state index in [0.717, 1.165) is 24.6 Å². The molecule has 0 unspecified atom stereocenters. The normalized spacial score (nSPS) is 22.8.